The largest absolute Gasteiger partial charge is 0.300 e. The summed E-state index contributed by atoms with van der Waals surface area (Å²) in [6.07, 6.45) is 5.88. The van der Waals surface area contributed by atoms with Gasteiger partial charge in [-0.1, -0.05) is 87.7 Å². The lowest BCUT2D eigenvalue weighted by Gasteiger charge is -2.31. The van der Waals surface area contributed by atoms with E-state index >= 15 is 0 Å². The highest BCUT2D eigenvalue weighted by Crippen LogP contribution is 2.36. The van der Waals surface area contributed by atoms with Crippen LogP contribution in [0.2, 0.25) is 0 Å². The predicted molar refractivity (Wildman–Crippen MR) is 157 cm³/mol. The van der Waals surface area contributed by atoms with Crippen molar-refractivity contribution >= 4 is 23.1 Å². The lowest BCUT2D eigenvalue weighted by atomic mass is 9.72. The molecule has 1 aliphatic carbocycles. The smallest absolute Gasteiger partial charge is 0.163 e. The van der Waals surface area contributed by atoms with Gasteiger partial charge in [-0.2, -0.15) is 0 Å². The molecule has 3 atom stereocenters. The molecule has 3 unspecified atom stereocenters. The molecule has 4 heteroatoms. The van der Waals surface area contributed by atoms with Crippen molar-refractivity contribution in [2.45, 2.75) is 99.8 Å². The van der Waals surface area contributed by atoms with Crippen LogP contribution in [0.3, 0.4) is 0 Å². The Kier molecular flexibility index (Phi) is 15.3. The fourth-order valence-electron chi connectivity index (χ4n) is 5.23. The van der Waals surface area contributed by atoms with Gasteiger partial charge in [0.15, 0.2) is 5.78 Å². The van der Waals surface area contributed by atoms with Crippen LogP contribution in [0, 0.1) is 31.6 Å². The highest BCUT2D eigenvalue weighted by molar-refractivity contribution is 6.00. The second-order valence-electron chi connectivity index (χ2n) is 10.7. The zero-order valence-electron chi connectivity index (χ0n) is 24.6. The summed E-state index contributed by atoms with van der Waals surface area (Å²) in [4.78, 5) is 46.4. The summed E-state index contributed by atoms with van der Waals surface area (Å²) in [5.41, 5.74) is 4.46. The first-order chi connectivity index (χ1) is 18.0. The van der Waals surface area contributed by atoms with Crippen LogP contribution in [0.15, 0.2) is 48.5 Å². The van der Waals surface area contributed by atoms with Crippen molar-refractivity contribution < 1.29 is 19.2 Å². The number of aryl methyl sites for hydroxylation is 2. The van der Waals surface area contributed by atoms with Crippen LogP contribution >= 0.6 is 0 Å². The molecule has 0 saturated heterocycles. The molecule has 0 aliphatic heterocycles. The minimum atomic E-state index is -0.0622. The molecule has 4 nitrogen and oxygen atoms in total. The molecule has 0 spiro atoms. The van der Waals surface area contributed by atoms with Gasteiger partial charge in [-0.3, -0.25) is 14.4 Å². The molecule has 0 aromatic heterocycles. The summed E-state index contributed by atoms with van der Waals surface area (Å²) in [7, 11) is 0. The number of benzene rings is 2. The third-order valence-corrected chi connectivity index (χ3v) is 7.20. The number of carbonyl (C=O) groups is 4. The first-order valence-corrected chi connectivity index (χ1v) is 14.2. The molecule has 0 N–H and O–H groups in total. The molecule has 0 radical (unpaired) electrons. The maximum Gasteiger partial charge on any atom is 0.163 e. The fourth-order valence-corrected chi connectivity index (χ4v) is 5.23. The standard InChI is InChI=1S/C23H32O3.C7H8.C4H8O/c1-5-8-18(20(6-2)21(25)11-16(4)24)12-17-13-19-10-7-9-15(3)23(19)22(26)14-17;1-7-5-3-2-4-6-7;1-3-4(2)5/h7,9-10,17-18,20H,5-6,8,11-14H2,1-4H3;2-6H,1H3;3H2,1-2H3. The monoisotopic (exact) mass is 520 g/mol. The zero-order valence-corrected chi connectivity index (χ0v) is 24.6. The average molecular weight is 521 g/mol. The third kappa shape index (κ3) is 11.7. The van der Waals surface area contributed by atoms with E-state index in [0.29, 0.717) is 18.8 Å². The Morgan fingerprint density at radius 3 is 1.97 bits per heavy atom. The van der Waals surface area contributed by atoms with Crippen LogP contribution in [0.4, 0.5) is 0 Å². The molecule has 208 valence electrons. The van der Waals surface area contributed by atoms with E-state index < -0.39 is 0 Å². The maximum absolute atomic E-state index is 12.7. The summed E-state index contributed by atoms with van der Waals surface area (Å²) in [6, 6.07) is 16.4. The van der Waals surface area contributed by atoms with Gasteiger partial charge in [-0.05, 0) is 69.9 Å². The van der Waals surface area contributed by atoms with Gasteiger partial charge in [0.2, 0.25) is 0 Å². The lowest BCUT2D eigenvalue weighted by Crippen LogP contribution is -2.29. The van der Waals surface area contributed by atoms with Crippen molar-refractivity contribution in [2.75, 3.05) is 0 Å². The number of ketones is 4. The van der Waals surface area contributed by atoms with E-state index in [9.17, 15) is 19.2 Å². The van der Waals surface area contributed by atoms with Gasteiger partial charge >= 0.3 is 0 Å². The summed E-state index contributed by atoms with van der Waals surface area (Å²) in [5.74, 6) is 1.02. The molecule has 0 bridgehead atoms. The molecular weight excluding hydrogens is 472 g/mol. The topological polar surface area (TPSA) is 68.3 Å². The summed E-state index contributed by atoms with van der Waals surface area (Å²) >= 11 is 0. The first kappa shape index (κ1) is 33.1. The van der Waals surface area contributed by atoms with Crippen molar-refractivity contribution in [1.29, 1.82) is 0 Å². The van der Waals surface area contributed by atoms with Crippen LogP contribution in [0.25, 0.3) is 0 Å². The van der Waals surface area contributed by atoms with Gasteiger partial charge in [0.05, 0.1) is 6.42 Å². The van der Waals surface area contributed by atoms with Crippen LogP contribution in [0.5, 0.6) is 0 Å². The first-order valence-electron chi connectivity index (χ1n) is 14.2. The Bertz CT molecular complexity index is 1040. The molecule has 0 heterocycles. The molecule has 2 aromatic carbocycles. The Morgan fingerprint density at radius 2 is 1.50 bits per heavy atom. The van der Waals surface area contributed by atoms with Crippen molar-refractivity contribution in [3.05, 3.63) is 70.8 Å². The normalized spacial score (nSPS) is 15.6. The van der Waals surface area contributed by atoms with E-state index in [4.69, 9.17) is 0 Å². The van der Waals surface area contributed by atoms with Gasteiger partial charge < -0.3 is 4.79 Å². The van der Waals surface area contributed by atoms with E-state index in [1.54, 1.807) is 6.92 Å². The number of hydrogen-bond donors (Lipinski definition) is 0. The Labute approximate surface area is 230 Å². The lowest BCUT2D eigenvalue weighted by molar-refractivity contribution is -0.130. The number of rotatable bonds is 10. The second kappa shape index (κ2) is 17.6. The van der Waals surface area contributed by atoms with Gasteiger partial charge in [0.1, 0.15) is 17.3 Å². The number of fused-ring (bicyclic) bond motifs is 1. The predicted octanol–water partition coefficient (Wildman–Crippen LogP) is 8.10. The fraction of sp³-hybridized carbons (Fsp3) is 0.529. The quantitative estimate of drug-likeness (QED) is 0.297. The third-order valence-electron chi connectivity index (χ3n) is 7.20. The van der Waals surface area contributed by atoms with Crippen LogP contribution in [-0.2, 0) is 20.8 Å². The van der Waals surface area contributed by atoms with E-state index in [1.807, 2.05) is 51.1 Å². The van der Waals surface area contributed by atoms with E-state index in [0.717, 1.165) is 48.8 Å². The Balaban J connectivity index is 0.000000493. The van der Waals surface area contributed by atoms with Crippen LogP contribution in [-0.4, -0.2) is 23.1 Å². The van der Waals surface area contributed by atoms with Gasteiger partial charge in [-0.15, -0.1) is 0 Å². The van der Waals surface area contributed by atoms with Crippen molar-refractivity contribution in [3.63, 3.8) is 0 Å². The minimum absolute atomic E-state index is 0.0460. The zero-order chi connectivity index (χ0) is 28.7. The van der Waals surface area contributed by atoms with Crippen molar-refractivity contribution in [3.8, 4) is 0 Å². The molecule has 0 fully saturated rings. The van der Waals surface area contributed by atoms with Crippen molar-refractivity contribution in [2.24, 2.45) is 17.8 Å². The van der Waals surface area contributed by atoms with Crippen molar-refractivity contribution in [1.82, 2.24) is 0 Å². The molecule has 0 amide bonds. The second-order valence-corrected chi connectivity index (χ2v) is 10.7. The maximum atomic E-state index is 12.7. The average Bonchev–Trinajstić information content (AvgIpc) is 2.85. The SMILES string of the molecule is CCC(C)=O.CCCC(CC1CC(=O)c2c(C)cccc2C1)C(CC)C(=O)CC(C)=O.Cc1ccccc1. The van der Waals surface area contributed by atoms with E-state index in [-0.39, 0.29) is 41.4 Å². The Morgan fingerprint density at radius 1 is 0.868 bits per heavy atom. The molecule has 38 heavy (non-hydrogen) atoms. The van der Waals surface area contributed by atoms with Crippen LogP contribution < -0.4 is 0 Å². The summed E-state index contributed by atoms with van der Waals surface area (Å²) in [6.45, 7) is 13.2. The highest BCUT2D eigenvalue weighted by Gasteiger charge is 2.32. The summed E-state index contributed by atoms with van der Waals surface area (Å²) < 4.78 is 0. The van der Waals surface area contributed by atoms with Gasteiger partial charge in [-0.25, -0.2) is 0 Å². The molecule has 1 aliphatic rings. The summed E-state index contributed by atoms with van der Waals surface area (Å²) in [5, 5.41) is 0. The minimum Gasteiger partial charge on any atom is -0.300 e. The highest BCUT2D eigenvalue weighted by atomic mass is 16.1. The molecule has 0 saturated carbocycles. The van der Waals surface area contributed by atoms with Crippen LogP contribution in [0.1, 0.15) is 107 Å². The molecular formula is C34H48O4. The molecule has 2 aromatic rings. The number of carbonyl (C=O) groups excluding carboxylic acids is 4. The Hall–Kier alpha value is -2.88. The van der Waals surface area contributed by atoms with E-state index in [1.165, 1.54) is 12.5 Å². The van der Waals surface area contributed by atoms with Gasteiger partial charge in [0.25, 0.3) is 0 Å². The molecule has 3 rings (SSSR count). The van der Waals surface area contributed by atoms with Gasteiger partial charge in [0, 0.05) is 24.3 Å². The number of hydrogen-bond acceptors (Lipinski definition) is 4. The number of Topliss-reactive ketones (excluding diaryl/α,β-unsaturated/α-hetero) is 4. The van der Waals surface area contributed by atoms with E-state index in [2.05, 4.69) is 32.0 Å².